The van der Waals surface area contributed by atoms with Crippen LogP contribution >= 0.6 is 24.0 Å². The van der Waals surface area contributed by atoms with Crippen molar-refractivity contribution in [2.75, 3.05) is 32.7 Å². The van der Waals surface area contributed by atoms with Crippen LogP contribution in [0, 0.1) is 6.92 Å². The number of unbranched alkanes of at least 4 members (excludes halogenated alkanes) is 1. The highest BCUT2D eigenvalue weighted by molar-refractivity contribution is 14.0. The maximum absolute atomic E-state index is 4.86. The molecule has 3 heterocycles. The average Bonchev–Trinajstić information content (AvgIpc) is 3.34. The monoisotopic (exact) mass is 473 g/mol. The van der Waals surface area contributed by atoms with Gasteiger partial charge in [0.05, 0.1) is 0 Å². The summed E-state index contributed by atoms with van der Waals surface area (Å²) >= 11 is 0. The number of hydrogen-bond donors (Lipinski definition) is 1. The molecule has 1 saturated heterocycles. The van der Waals surface area contributed by atoms with E-state index in [4.69, 9.17) is 4.99 Å². The summed E-state index contributed by atoms with van der Waals surface area (Å²) in [6, 6.07) is 0.630. The SMILES string of the molecule is CCCCNC(=NCc1nnc(C)n1C)N1CCC(N2CC=CC2)C1.I. The molecule has 0 radical (unpaired) electrons. The molecule has 8 heteroatoms. The van der Waals surface area contributed by atoms with Crippen LogP contribution < -0.4 is 5.32 Å². The summed E-state index contributed by atoms with van der Waals surface area (Å²) in [6.07, 6.45) is 8.10. The molecule has 1 unspecified atom stereocenters. The predicted octanol–water partition coefficient (Wildman–Crippen LogP) is 1.93. The van der Waals surface area contributed by atoms with Gasteiger partial charge in [-0.25, -0.2) is 4.99 Å². The minimum atomic E-state index is 0. The molecule has 1 N–H and O–H groups in total. The molecule has 1 atom stereocenters. The molecule has 1 fully saturated rings. The van der Waals surface area contributed by atoms with Gasteiger partial charge in [-0.15, -0.1) is 34.2 Å². The summed E-state index contributed by atoms with van der Waals surface area (Å²) in [5.74, 6) is 2.85. The smallest absolute Gasteiger partial charge is 0.194 e. The zero-order valence-corrected chi connectivity index (χ0v) is 18.5. The fraction of sp³-hybridized carbons (Fsp3) is 0.722. The third kappa shape index (κ3) is 5.18. The third-order valence-corrected chi connectivity index (χ3v) is 5.19. The predicted molar refractivity (Wildman–Crippen MR) is 116 cm³/mol. The van der Waals surface area contributed by atoms with Crippen LogP contribution in [0.2, 0.25) is 0 Å². The molecular formula is C18H32IN7. The molecule has 0 aromatic carbocycles. The lowest BCUT2D eigenvalue weighted by atomic mass is 10.2. The minimum Gasteiger partial charge on any atom is -0.356 e. The second kappa shape index (κ2) is 10.2. The number of hydrogen-bond acceptors (Lipinski definition) is 4. The second-order valence-electron chi connectivity index (χ2n) is 6.96. The first-order valence-electron chi connectivity index (χ1n) is 9.46. The Labute approximate surface area is 174 Å². The van der Waals surface area contributed by atoms with Crippen LogP contribution in [0.25, 0.3) is 0 Å². The summed E-state index contributed by atoms with van der Waals surface area (Å²) in [5, 5.41) is 11.9. The van der Waals surface area contributed by atoms with Crippen molar-refractivity contribution >= 4 is 29.9 Å². The summed E-state index contributed by atoms with van der Waals surface area (Å²) in [4.78, 5) is 9.81. The Morgan fingerprint density at radius 3 is 2.73 bits per heavy atom. The van der Waals surface area contributed by atoms with Gasteiger partial charge in [0.25, 0.3) is 0 Å². The molecule has 2 aliphatic heterocycles. The first kappa shape index (κ1) is 21.1. The van der Waals surface area contributed by atoms with E-state index in [9.17, 15) is 0 Å². The lowest BCUT2D eigenvalue weighted by molar-refractivity contribution is 0.259. The zero-order valence-electron chi connectivity index (χ0n) is 16.2. The molecule has 26 heavy (non-hydrogen) atoms. The van der Waals surface area contributed by atoms with Crippen molar-refractivity contribution in [3.05, 3.63) is 23.8 Å². The lowest BCUT2D eigenvalue weighted by Crippen LogP contribution is -2.43. The van der Waals surface area contributed by atoms with Gasteiger partial charge in [-0.1, -0.05) is 25.5 Å². The van der Waals surface area contributed by atoms with E-state index in [1.165, 1.54) is 12.8 Å². The molecule has 7 nitrogen and oxygen atoms in total. The Morgan fingerprint density at radius 1 is 1.31 bits per heavy atom. The molecule has 0 bridgehead atoms. The second-order valence-corrected chi connectivity index (χ2v) is 6.96. The van der Waals surface area contributed by atoms with Gasteiger partial charge in [0.1, 0.15) is 12.4 Å². The Bertz CT molecular complexity index is 617. The zero-order chi connectivity index (χ0) is 17.6. The maximum Gasteiger partial charge on any atom is 0.194 e. The maximum atomic E-state index is 4.86. The normalized spacial score (nSPS) is 20.7. The highest BCUT2D eigenvalue weighted by atomic mass is 127. The molecule has 0 amide bonds. The van der Waals surface area contributed by atoms with Gasteiger partial charge < -0.3 is 14.8 Å². The van der Waals surface area contributed by atoms with Gasteiger partial charge in [-0.3, -0.25) is 4.90 Å². The van der Waals surface area contributed by atoms with Crippen molar-refractivity contribution in [2.45, 2.75) is 45.7 Å². The lowest BCUT2D eigenvalue weighted by Gasteiger charge is -2.25. The van der Waals surface area contributed by atoms with Crippen molar-refractivity contribution in [3.63, 3.8) is 0 Å². The van der Waals surface area contributed by atoms with E-state index in [0.29, 0.717) is 12.6 Å². The van der Waals surface area contributed by atoms with Crippen molar-refractivity contribution in [1.82, 2.24) is 29.9 Å². The van der Waals surface area contributed by atoms with E-state index < -0.39 is 0 Å². The Balaban J connectivity index is 0.00000243. The third-order valence-electron chi connectivity index (χ3n) is 5.19. The fourth-order valence-electron chi connectivity index (χ4n) is 3.40. The number of nitrogens with zero attached hydrogens (tertiary/aromatic N) is 6. The van der Waals surface area contributed by atoms with E-state index in [1.54, 1.807) is 0 Å². The van der Waals surface area contributed by atoms with E-state index in [0.717, 1.165) is 56.8 Å². The Morgan fingerprint density at radius 2 is 2.08 bits per heavy atom. The number of aliphatic imine (C=N–C) groups is 1. The summed E-state index contributed by atoms with van der Waals surface area (Å²) in [5.41, 5.74) is 0. The van der Waals surface area contributed by atoms with E-state index in [1.807, 2.05) is 18.5 Å². The number of halogens is 1. The van der Waals surface area contributed by atoms with Gasteiger partial charge in [0.2, 0.25) is 0 Å². The summed E-state index contributed by atoms with van der Waals surface area (Å²) < 4.78 is 2.01. The number of guanidine groups is 1. The van der Waals surface area contributed by atoms with Gasteiger partial charge in [-0.05, 0) is 19.8 Å². The van der Waals surface area contributed by atoms with Gasteiger partial charge in [-0.2, -0.15) is 0 Å². The average molecular weight is 473 g/mol. The molecule has 3 rings (SSSR count). The standard InChI is InChI=1S/C18H31N7.HI/c1-4-5-9-19-18(20-13-17-22-21-15(2)23(17)3)25-12-8-16(14-25)24-10-6-7-11-24;/h6-7,16H,4-5,8-14H2,1-3H3,(H,19,20);1H. The van der Waals surface area contributed by atoms with Crippen LogP contribution in [0.5, 0.6) is 0 Å². The molecule has 0 spiro atoms. The quantitative estimate of drug-likeness (QED) is 0.225. The largest absolute Gasteiger partial charge is 0.356 e. The van der Waals surface area contributed by atoms with Crippen molar-refractivity contribution in [1.29, 1.82) is 0 Å². The van der Waals surface area contributed by atoms with Crippen LogP contribution in [-0.4, -0.2) is 69.3 Å². The van der Waals surface area contributed by atoms with Gasteiger partial charge in [0, 0.05) is 45.8 Å². The van der Waals surface area contributed by atoms with Crippen molar-refractivity contribution < 1.29 is 0 Å². The first-order valence-corrected chi connectivity index (χ1v) is 9.46. The van der Waals surface area contributed by atoms with Crippen LogP contribution in [-0.2, 0) is 13.6 Å². The Kier molecular flexibility index (Phi) is 8.33. The van der Waals surface area contributed by atoms with E-state index in [-0.39, 0.29) is 24.0 Å². The highest BCUT2D eigenvalue weighted by Gasteiger charge is 2.29. The number of aryl methyl sites for hydroxylation is 1. The molecule has 0 aliphatic carbocycles. The molecule has 1 aromatic rings. The fourth-order valence-corrected chi connectivity index (χ4v) is 3.40. The number of aromatic nitrogens is 3. The molecule has 0 saturated carbocycles. The van der Waals surface area contributed by atoms with E-state index >= 15 is 0 Å². The summed E-state index contributed by atoms with van der Waals surface area (Å²) in [6.45, 7) is 10.0. The minimum absolute atomic E-state index is 0. The molecule has 2 aliphatic rings. The van der Waals surface area contributed by atoms with Crippen LogP contribution in [0.4, 0.5) is 0 Å². The molecular weight excluding hydrogens is 441 g/mol. The Hall–Kier alpha value is -1.16. The first-order chi connectivity index (χ1) is 12.2. The highest BCUT2D eigenvalue weighted by Crippen LogP contribution is 2.18. The molecule has 146 valence electrons. The van der Waals surface area contributed by atoms with Gasteiger partial charge in [0.15, 0.2) is 11.8 Å². The van der Waals surface area contributed by atoms with E-state index in [2.05, 4.69) is 44.4 Å². The topological polar surface area (TPSA) is 61.6 Å². The summed E-state index contributed by atoms with van der Waals surface area (Å²) in [7, 11) is 2.00. The van der Waals surface area contributed by atoms with Crippen LogP contribution in [0.1, 0.15) is 37.8 Å². The number of rotatable bonds is 6. The molecule has 1 aromatic heterocycles. The van der Waals surface area contributed by atoms with Crippen LogP contribution in [0.3, 0.4) is 0 Å². The number of nitrogens with one attached hydrogen (secondary N) is 1. The van der Waals surface area contributed by atoms with Gasteiger partial charge >= 0.3 is 0 Å². The van der Waals surface area contributed by atoms with Crippen molar-refractivity contribution in [3.8, 4) is 0 Å². The van der Waals surface area contributed by atoms with Crippen molar-refractivity contribution in [2.24, 2.45) is 12.0 Å². The van der Waals surface area contributed by atoms with Crippen LogP contribution in [0.15, 0.2) is 17.1 Å². The number of likely N-dealkylation sites (tertiary alicyclic amines) is 1.